The van der Waals surface area contributed by atoms with Crippen LogP contribution in [0.1, 0.15) is 32.4 Å². The fourth-order valence-electron chi connectivity index (χ4n) is 2.46. The maximum absolute atomic E-state index is 12.1. The zero-order valence-electron chi connectivity index (χ0n) is 12.2. The first kappa shape index (κ1) is 14.8. The monoisotopic (exact) mass is 278 g/mol. The third-order valence-corrected chi connectivity index (χ3v) is 3.39. The predicted octanol–water partition coefficient (Wildman–Crippen LogP) is 2.02. The van der Waals surface area contributed by atoms with Crippen LogP contribution >= 0.6 is 0 Å². The van der Waals surface area contributed by atoms with Crippen LogP contribution in [0, 0.1) is 5.92 Å². The summed E-state index contributed by atoms with van der Waals surface area (Å²) in [5, 5.41) is 9.52. The maximum Gasteiger partial charge on any atom is 0.410 e. The highest BCUT2D eigenvalue weighted by molar-refractivity contribution is 5.68. The van der Waals surface area contributed by atoms with Crippen molar-refractivity contribution in [3.05, 3.63) is 30.1 Å². The number of hydrogen-bond donors (Lipinski definition) is 1. The lowest BCUT2D eigenvalue weighted by Crippen LogP contribution is -2.35. The van der Waals surface area contributed by atoms with Gasteiger partial charge in [0.25, 0.3) is 0 Å². The Labute approximate surface area is 119 Å². The minimum absolute atomic E-state index is 0.0115. The van der Waals surface area contributed by atoms with Gasteiger partial charge in [-0.05, 0) is 32.9 Å². The molecule has 0 saturated carbocycles. The van der Waals surface area contributed by atoms with Gasteiger partial charge in [0.15, 0.2) is 0 Å². The highest BCUT2D eigenvalue weighted by Crippen LogP contribution is 2.32. The average molecular weight is 278 g/mol. The molecule has 110 valence electrons. The molecule has 5 nitrogen and oxygen atoms in total. The summed E-state index contributed by atoms with van der Waals surface area (Å²) in [7, 11) is 0. The summed E-state index contributed by atoms with van der Waals surface area (Å²) in [5.41, 5.74) is 0.409. The van der Waals surface area contributed by atoms with Crippen LogP contribution < -0.4 is 0 Å². The lowest BCUT2D eigenvalue weighted by atomic mass is 9.93. The first-order valence-electron chi connectivity index (χ1n) is 6.90. The Morgan fingerprint density at radius 1 is 1.45 bits per heavy atom. The summed E-state index contributed by atoms with van der Waals surface area (Å²) < 4.78 is 5.38. The number of hydrogen-bond acceptors (Lipinski definition) is 4. The van der Waals surface area contributed by atoms with Gasteiger partial charge in [0.05, 0.1) is 0 Å². The molecule has 1 N–H and O–H groups in total. The van der Waals surface area contributed by atoms with E-state index in [4.69, 9.17) is 4.74 Å². The number of nitrogens with zero attached hydrogens (tertiary/aromatic N) is 2. The fraction of sp³-hybridized carbons (Fsp3) is 0.600. The zero-order valence-corrected chi connectivity index (χ0v) is 12.2. The van der Waals surface area contributed by atoms with Gasteiger partial charge in [0.1, 0.15) is 5.60 Å². The molecule has 5 heteroatoms. The Morgan fingerprint density at radius 2 is 2.20 bits per heavy atom. The average Bonchev–Trinajstić information content (AvgIpc) is 2.82. The smallest absolute Gasteiger partial charge is 0.410 e. The van der Waals surface area contributed by atoms with Gasteiger partial charge in [-0.15, -0.1) is 0 Å². The quantitative estimate of drug-likeness (QED) is 0.899. The Morgan fingerprint density at radius 3 is 2.75 bits per heavy atom. The number of pyridine rings is 1. The van der Waals surface area contributed by atoms with E-state index in [1.807, 2.05) is 39.0 Å². The van der Waals surface area contributed by atoms with Crippen molar-refractivity contribution >= 4 is 6.09 Å². The number of aliphatic hydroxyl groups is 1. The molecule has 0 aromatic carbocycles. The lowest BCUT2D eigenvalue weighted by Gasteiger charge is -2.24. The predicted molar refractivity (Wildman–Crippen MR) is 75.4 cm³/mol. The fourth-order valence-corrected chi connectivity index (χ4v) is 2.46. The summed E-state index contributed by atoms with van der Waals surface area (Å²) in [6.07, 6.45) is 1.41. The van der Waals surface area contributed by atoms with E-state index in [1.54, 1.807) is 11.1 Å². The van der Waals surface area contributed by atoms with Crippen molar-refractivity contribution in [2.24, 2.45) is 5.92 Å². The van der Waals surface area contributed by atoms with Gasteiger partial charge in [-0.2, -0.15) is 0 Å². The van der Waals surface area contributed by atoms with E-state index in [0.29, 0.717) is 13.1 Å². The molecule has 1 aliphatic heterocycles. The Bertz CT molecular complexity index is 456. The van der Waals surface area contributed by atoms with E-state index in [9.17, 15) is 9.90 Å². The molecule has 1 aromatic rings. The molecule has 20 heavy (non-hydrogen) atoms. The van der Waals surface area contributed by atoms with E-state index in [-0.39, 0.29) is 24.5 Å². The van der Waals surface area contributed by atoms with Crippen molar-refractivity contribution in [2.45, 2.75) is 32.3 Å². The molecule has 1 fully saturated rings. The van der Waals surface area contributed by atoms with Gasteiger partial charge in [0, 0.05) is 43.4 Å². The molecule has 1 aliphatic rings. The van der Waals surface area contributed by atoms with E-state index < -0.39 is 5.60 Å². The summed E-state index contributed by atoms with van der Waals surface area (Å²) >= 11 is 0. The molecule has 0 radical (unpaired) electrons. The first-order valence-corrected chi connectivity index (χ1v) is 6.90. The minimum atomic E-state index is -0.505. The molecule has 2 heterocycles. The largest absolute Gasteiger partial charge is 0.444 e. The molecular formula is C15H22N2O3. The third kappa shape index (κ3) is 3.48. The van der Waals surface area contributed by atoms with E-state index in [0.717, 1.165) is 5.69 Å². The number of rotatable bonds is 2. The van der Waals surface area contributed by atoms with Crippen LogP contribution in [0.2, 0.25) is 0 Å². The van der Waals surface area contributed by atoms with Crippen LogP contribution in [0.25, 0.3) is 0 Å². The standard InChI is InChI=1S/C15H22N2O3/c1-15(2,3)20-14(19)17-8-11(10-18)12(9-17)13-6-4-5-7-16-13/h4-7,11-12,18H,8-10H2,1-3H3/t11-,12+/m1/s1. The highest BCUT2D eigenvalue weighted by Gasteiger charge is 2.38. The van der Waals surface area contributed by atoms with Crippen molar-refractivity contribution in [3.63, 3.8) is 0 Å². The second-order valence-electron chi connectivity index (χ2n) is 6.19. The van der Waals surface area contributed by atoms with E-state index in [1.165, 1.54) is 0 Å². The van der Waals surface area contributed by atoms with Gasteiger partial charge in [-0.1, -0.05) is 6.07 Å². The molecule has 1 amide bonds. The summed E-state index contributed by atoms with van der Waals surface area (Å²) in [6.45, 7) is 6.63. The number of carbonyl (C=O) groups excluding carboxylic acids is 1. The van der Waals surface area contributed by atoms with Crippen molar-refractivity contribution in [1.29, 1.82) is 0 Å². The van der Waals surface area contributed by atoms with E-state index >= 15 is 0 Å². The maximum atomic E-state index is 12.1. The minimum Gasteiger partial charge on any atom is -0.444 e. The zero-order chi connectivity index (χ0) is 14.8. The van der Waals surface area contributed by atoms with Gasteiger partial charge in [-0.25, -0.2) is 4.79 Å². The molecule has 0 unspecified atom stereocenters. The summed E-state index contributed by atoms with van der Waals surface area (Å²) in [4.78, 5) is 18.1. The van der Waals surface area contributed by atoms with Crippen molar-refractivity contribution < 1.29 is 14.6 Å². The molecule has 1 aromatic heterocycles. The molecule has 0 aliphatic carbocycles. The molecule has 0 bridgehead atoms. The van der Waals surface area contributed by atoms with Crippen molar-refractivity contribution in [2.75, 3.05) is 19.7 Å². The number of likely N-dealkylation sites (tertiary alicyclic amines) is 1. The van der Waals surface area contributed by atoms with Crippen LogP contribution in [0.5, 0.6) is 0 Å². The first-order chi connectivity index (χ1) is 9.40. The Hall–Kier alpha value is -1.62. The van der Waals surface area contributed by atoms with Crippen LogP contribution in [-0.2, 0) is 4.74 Å². The van der Waals surface area contributed by atoms with E-state index in [2.05, 4.69) is 4.98 Å². The summed E-state index contributed by atoms with van der Waals surface area (Å²) in [5.74, 6) is 0.0751. The lowest BCUT2D eigenvalue weighted by molar-refractivity contribution is 0.0283. The number of carbonyl (C=O) groups is 1. The Balaban J connectivity index is 2.08. The molecule has 2 atom stereocenters. The number of aliphatic hydroxyl groups excluding tert-OH is 1. The Kier molecular flexibility index (Phi) is 4.28. The van der Waals surface area contributed by atoms with Crippen LogP contribution in [0.4, 0.5) is 4.79 Å². The van der Waals surface area contributed by atoms with Gasteiger partial charge in [-0.3, -0.25) is 4.98 Å². The molecule has 0 spiro atoms. The third-order valence-electron chi connectivity index (χ3n) is 3.39. The van der Waals surface area contributed by atoms with Crippen LogP contribution in [-0.4, -0.2) is 46.4 Å². The normalized spacial score (nSPS) is 22.9. The highest BCUT2D eigenvalue weighted by atomic mass is 16.6. The van der Waals surface area contributed by atoms with Gasteiger partial charge >= 0.3 is 6.09 Å². The number of amides is 1. The SMILES string of the molecule is CC(C)(C)OC(=O)N1C[C@H](CO)[C@@H](c2ccccn2)C1. The second kappa shape index (κ2) is 5.79. The van der Waals surface area contributed by atoms with Gasteiger partial charge < -0.3 is 14.7 Å². The van der Waals surface area contributed by atoms with Crippen LogP contribution in [0.15, 0.2) is 24.4 Å². The molecule has 1 saturated heterocycles. The second-order valence-corrected chi connectivity index (χ2v) is 6.19. The molecule has 2 rings (SSSR count). The topological polar surface area (TPSA) is 62.7 Å². The van der Waals surface area contributed by atoms with Crippen LogP contribution in [0.3, 0.4) is 0 Å². The van der Waals surface area contributed by atoms with Gasteiger partial charge in [0.2, 0.25) is 0 Å². The number of ether oxygens (including phenoxy) is 1. The van der Waals surface area contributed by atoms with Crippen molar-refractivity contribution in [1.82, 2.24) is 9.88 Å². The van der Waals surface area contributed by atoms with Crippen molar-refractivity contribution in [3.8, 4) is 0 Å². The summed E-state index contributed by atoms with van der Waals surface area (Å²) in [6, 6.07) is 5.72. The number of aromatic nitrogens is 1. The molecular weight excluding hydrogens is 256 g/mol.